The molecule has 0 heterocycles. The monoisotopic (exact) mass is 247 g/mol. The Morgan fingerprint density at radius 1 is 1.17 bits per heavy atom. The van der Waals surface area contributed by atoms with Crippen molar-refractivity contribution in [2.45, 2.75) is 39.5 Å². The Balaban J connectivity index is 2.60. The van der Waals surface area contributed by atoms with Gasteiger partial charge in [0.1, 0.15) is 5.75 Å². The fraction of sp³-hybridized carbons (Fsp3) is 0.533. The van der Waals surface area contributed by atoms with Crippen LogP contribution in [0.5, 0.6) is 5.75 Å². The zero-order valence-corrected chi connectivity index (χ0v) is 11.4. The minimum absolute atomic E-state index is 0.0241. The topological polar surface area (TPSA) is 49.3 Å². The Hall–Kier alpha value is -1.35. The summed E-state index contributed by atoms with van der Waals surface area (Å²) in [6, 6.07) is 0. The van der Waals surface area contributed by atoms with E-state index in [1.54, 1.807) is 7.05 Å². The highest BCUT2D eigenvalue weighted by Gasteiger charge is 2.24. The van der Waals surface area contributed by atoms with E-state index in [1.165, 1.54) is 24.0 Å². The highest BCUT2D eigenvalue weighted by molar-refractivity contribution is 6.02. The van der Waals surface area contributed by atoms with Gasteiger partial charge in [0.2, 0.25) is 0 Å². The summed E-state index contributed by atoms with van der Waals surface area (Å²) in [5.41, 5.74) is 4.94. The lowest BCUT2D eigenvalue weighted by molar-refractivity contribution is 0.0990. The number of rotatable bonds is 3. The number of ketones is 1. The van der Waals surface area contributed by atoms with Crippen molar-refractivity contribution < 1.29 is 9.90 Å². The van der Waals surface area contributed by atoms with Crippen molar-refractivity contribution in [2.75, 3.05) is 13.6 Å². The minimum atomic E-state index is -0.0241. The maximum Gasteiger partial charge on any atom is 0.180 e. The first-order chi connectivity index (χ1) is 8.57. The van der Waals surface area contributed by atoms with Crippen LogP contribution in [0, 0.1) is 13.8 Å². The van der Waals surface area contributed by atoms with Gasteiger partial charge in [-0.25, -0.2) is 0 Å². The molecular weight excluding hydrogens is 226 g/mol. The van der Waals surface area contributed by atoms with Crippen molar-refractivity contribution in [3.8, 4) is 5.75 Å². The van der Waals surface area contributed by atoms with E-state index >= 15 is 0 Å². The van der Waals surface area contributed by atoms with Gasteiger partial charge in [0.15, 0.2) is 5.78 Å². The van der Waals surface area contributed by atoms with Gasteiger partial charge in [-0.15, -0.1) is 0 Å². The summed E-state index contributed by atoms with van der Waals surface area (Å²) < 4.78 is 0. The molecule has 0 atom stereocenters. The van der Waals surface area contributed by atoms with Gasteiger partial charge in [-0.05, 0) is 68.8 Å². The third-order valence-electron chi connectivity index (χ3n) is 3.96. The SMILES string of the molecule is CNCC(=O)c1c(C)c2c(c(C)c1O)CCCC2. The molecule has 1 aromatic rings. The van der Waals surface area contributed by atoms with Crippen LogP contribution in [-0.2, 0) is 12.8 Å². The fourth-order valence-corrected chi connectivity index (χ4v) is 2.98. The maximum atomic E-state index is 12.1. The molecule has 0 radical (unpaired) electrons. The molecule has 98 valence electrons. The molecule has 18 heavy (non-hydrogen) atoms. The molecule has 0 bridgehead atoms. The average molecular weight is 247 g/mol. The molecule has 0 saturated carbocycles. The average Bonchev–Trinajstić information content (AvgIpc) is 2.37. The number of Topliss-reactive ketones (excluding diaryl/α,β-unsaturated/α-hetero) is 1. The zero-order valence-electron chi connectivity index (χ0n) is 11.4. The van der Waals surface area contributed by atoms with E-state index in [-0.39, 0.29) is 18.1 Å². The number of hydrogen-bond acceptors (Lipinski definition) is 3. The van der Waals surface area contributed by atoms with Crippen LogP contribution in [0.15, 0.2) is 0 Å². The first kappa shape index (κ1) is 13.1. The molecule has 0 fully saturated rings. The van der Waals surface area contributed by atoms with E-state index in [9.17, 15) is 9.90 Å². The predicted molar refractivity (Wildman–Crippen MR) is 72.5 cm³/mol. The summed E-state index contributed by atoms with van der Waals surface area (Å²) in [5.74, 6) is 0.164. The molecule has 0 saturated heterocycles. The van der Waals surface area contributed by atoms with Crippen molar-refractivity contribution in [1.82, 2.24) is 5.32 Å². The Bertz CT molecular complexity index is 492. The van der Waals surface area contributed by atoms with Crippen LogP contribution in [0.25, 0.3) is 0 Å². The number of fused-ring (bicyclic) bond motifs is 1. The van der Waals surface area contributed by atoms with E-state index in [0.29, 0.717) is 5.56 Å². The van der Waals surface area contributed by atoms with Gasteiger partial charge in [0, 0.05) is 0 Å². The molecule has 0 aliphatic heterocycles. The number of carbonyl (C=O) groups is 1. The van der Waals surface area contributed by atoms with Crippen molar-refractivity contribution in [1.29, 1.82) is 0 Å². The molecule has 1 aliphatic carbocycles. The lowest BCUT2D eigenvalue weighted by atomic mass is 9.82. The number of phenolic OH excluding ortho intramolecular Hbond substituents is 1. The molecule has 1 aromatic carbocycles. The Morgan fingerprint density at radius 3 is 2.28 bits per heavy atom. The number of benzene rings is 1. The van der Waals surface area contributed by atoms with E-state index in [0.717, 1.165) is 24.0 Å². The first-order valence-electron chi connectivity index (χ1n) is 6.59. The van der Waals surface area contributed by atoms with E-state index < -0.39 is 0 Å². The molecular formula is C15H21NO2. The predicted octanol–water partition coefficient (Wildman–Crippen LogP) is 2.29. The van der Waals surface area contributed by atoms with Gasteiger partial charge in [-0.1, -0.05) is 0 Å². The van der Waals surface area contributed by atoms with E-state index in [2.05, 4.69) is 5.32 Å². The number of hydrogen-bond donors (Lipinski definition) is 2. The Morgan fingerprint density at radius 2 is 1.72 bits per heavy atom. The largest absolute Gasteiger partial charge is 0.507 e. The van der Waals surface area contributed by atoms with Crippen LogP contribution in [-0.4, -0.2) is 24.5 Å². The number of aromatic hydroxyl groups is 1. The highest BCUT2D eigenvalue weighted by Crippen LogP contribution is 2.36. The lowest BCUT2D eigenvalue weighted by Crippen LogP contribution is -2.21. The third-order valence-corrected chi connectivity index (χ3v) is 3.96. The maximum absolute atomic E-state index is 12.1. The highest BCUT2D eigenvalue weighted by atomic mass is 16.3. The van der Waals surface area contributed by atoms with E-state index in [1.807, 2.05) is 13.8 Å². The smallest absolute Gasteiger partial charge is 0.180 e. The molecule has 1 aliphatic rings. The summed E-state index contributed by atoms with van der Waals surface area (Å²) in [6.07, 6.45) is 4.41. The fourth-order valence-electron chi connectivity index (χ4n) is 2.98. The minimum Gasteiger partial charge on any atom is -0.507 e. The number of nitrogens with one attached hydrogen (secondary N) is 1. The molecule has 2 rings (SSSR count). The summed E-state index contributed by atoms with van der Waals surface area (Å²) in [6.45, 7) is 4.16. The number of likely N-dealkylation sites (N-methyl/N-ethyl adjacent to an activating group) is 1. The lowest BCUT2D eigenvalue weighted by Gasteiger charge is -2.24. The summed E-state index contributed by atoms with van der Waals surface area (Å²) in [5, 5.41) is 13.1. The van der Waals surface area contributed by atoms with Crippen LogP contribution in [0.4, 0.5) is 0 Å². The van der Waals surface area contributed by atoms with Crippen molar-refractivity contribution in [3.63, 3.8) is 0 Å². The second-order valence-electron chi connectivity index (χ2n) is 5.09. The van der Waals surface area contributed by atoms with Crippen molar-refractivity contribution >= 4 is 5.78 Å². The van der Waals surface area contributed by atoms with Crippen molar-refractivity contribution in [2.24, 2.45) is 0 Å². The molecule has 3 nitrogen and oxygen atoms in total. The molecule has 0 aromatic heterocycles. The second-order valence-corrected chi connectivity index (χ2v) is 5.09. The van der Waals surface area contributed by atoms with Crippen LogP contribution >= 0.6 is 0 Å². The third kappa shape index (κ3) is 2.03. The second kappa shape index (κ2) is 5.11. The van der Waals surface area contributed by atoms with Crippen molar-refractivity contribution in [3.05, 3.63) is 27.8 Å². The van der Waals surface area contributed by atoms with Gasteiger partial charge >= 0.3 is 0 Å². The van der Waals surface area contributed by atoms with Gasteiger partial charge in [0.25, 0.3) is 0 Å². The van der Waals surface area contributed by atoms with Crippen LogP contribution in [0.3, 0.4) is 0 Å². The van der Waals surface area contributed by atoms with Crippen LogP contribution in [0.2, 0.25) is 0 Å². The summed E-state index contributed by atoms with van der Waals surface area (Å²) in [4.78, 5) is 12.1. The van der Waals surface area contributed by atoms with Crippen LogP contribution in [0.1, 0.15) is 45.5 Å². The van der Waals surface area contributed by atoms with Crippen LogP contribution < -0.4 is 5.32 Å². The van der Waals surface area contributed by atoms with Gasteiger partial charge in [0.05, 0.1) is 12.1 Å². The number of phenols is 1. The standard InChI is InChI=1S/C15H21NO2/c1-9-11-6-4-5-7-12(11)10(2)15(18)14(9)13(17)8-16-3/h16,18H,4-8H2,1-3H3. The summed E-state index contributed by atoms with van der Waals surface area (Å²) >= 11 is 0. The first-order valence-corrected chi connectivity index (χ1v) is 6.59. The number of carbonyl (C=O) groups excluding carboxylic acids is 1. The molecule has 0 unspecified atom stereocenters. The molecule has 0 spiro atoms. The molecule has 0 amide bonds. The normalized spacial score (nSPS) is 14.4. The summed E-state index contributed by atoms with van der Waals surface area (Å²) in [7, 11) is 1.75. The van der Waals surface area contributed by atoms with Gasteiger partial charge in [-0.2, -0.15) is 0 Å². The van der Waals surface area contributed by atoms with E-state index in [4.69, 9.17) is 0 Å². The zero-order chi connectivity index (χ0) is 13.3. The molecule has 3 heteroatoms. The molecule has 2 N–H and O–H groups in total. The Labute approximate surface area is 108 Å². The quantitative estimate of drug-likeness (QED) is 0.806. The van der Waals surface area contributed by atoms with Gasteiger partial charge < -0.3 is 10.4 Å². The van der Waals surface area contributed by atoms with Gasteiger partial charge in [-0.3, -0.25) is 4.79 Å². The Kier molecular flexibility index (Phi) is 3.71.